The maximum Gasteiger partial charge on any atom is 0.334 e. The lowest BCUT2D eigenvalue weighted by atomic mass is 9.44. The third-order valence-corrected chi connectivity index (χ3v) is 18.9. The van der Waals surface area contributed by atoms with E-state index in [4.69, 9.17) is 23.4 Å². The molecule has 10 atom stereocenters. The zero-order valence-electron chi connectivity index (χ0n) is 29.2. The van der Waals surface area contributed by atoms with Gasteiger partial charge in [-0.05, 0) is 101 Å². The van der Waals surface area contributed by atoms with Crippen molar-refractivity contribution in [1.29, 1.82) is 0 Å². The molecule has 2 heterocycles. The Morgan fingerprint density at radius 1 is 1.02 bits per heavy atom. The van der Waals surface area contributed by atoms with E-state index in [1.165, 1.54) is 0 Å². The second-order valence-corrected chi connectivity index (χ2v) is 22.2. The second-order valence-electron chi connectivity index (χ2n) is 17.5. The van der Waals surface area contributed by atoms with Crippen LogP contribution in [0.5, 0.6) is 0 Å². The number of esters is 1. The minimum absolute atomic E-state index is 0.0152. The van der Waals surface area contributed by atoms with Gasteiger partial charge in [-0.15, -0.1) is 0 Å². The number of methoxy groups -OCH3 is 1. The van der Waals surface area contributed by atoms with Gasteiger partial charge in [-0.1, -0.05) is 40.2 Å². The average Bonchev–Trinajstić information content (AvgIpc) is 3.66. The number of hydrogen-bond acceptors (Lipinski definition) is 7. The standard InChI is InChI=1S/C36H58O7Si/c1-21-18-27(41-31(37)22(21)2)35(8,40-20-39-9)26-13-12-24-28-25(15-16-33(24,26)6)34(7)17-14-23(43-44(10,11)32(3,4)5)19-36(34,38)30-29(28)42-30/h23-28,38H,12-20H2,1-11H3/t23-,24-,25-,26-,27+,28-,33-,34+,35+,36-/m0/s1. The Kier molecular flexibility index (Phi) is 7.74. The van der Waals surface area contributed by atoms with E-state index in [2.05, 4.69) is 54.6 Å². The molecule has 248 valence electrons. The normalized spacial score (nSPS) is 43.3. The van der Waals surface area contributed by atoms with Gasteiger partial charge in [0.2, 0.25) is 0 Å². The SMILES string of the molecule is COCO[C@@](C)([C@H]1CC(C)=C(C)C(=O)O1)[C@H]1CC[C@H]2[C@@H]3C4=C(O4)[C@@]4(O)C[C@@H](O[Si](C)(C)C(C)(C)C)CC[C@]4(C)[C@H]3CC[C@@]21C. The molecule has 0 amide bonds. The summed E-state index contributed by atoms with van der Waals surface area (Å²) in [5, 5.41) is 12.7. The molecule has 8 heteroatoms. The number of carbonyl (C=O) groups is 1. The predicted octanol–water partition coefficient (Wildman–Crippen LogP) is 7.64. The van der Waals surface area contributed by atoms with Crippen LogP contribution in [0.25, 0.3) is 0 Å². The van der Waals surface area contributed by atoms with Gasteiger partial charge in [0.1, 0.15) is 29.9 Å². The summed E-state index contributed by atoms with van der Waals surface area (Å²) in [5.41, 5.74) is -0.106. The molecule has 4 aliphatic carbocycles. The van der Waals surface area contributed by atoms with Gasteiger partial charge in [0.25, 0.3) is 0 Å². The Balaban J connectivity index is 1.30. The Labute approximate surface area is 266 Å². The molecular formula is C36H58O7Si. The average molecular weight is 631 g/mol. The number of ether oxygens (including phenoxy) is 4. The lowest BCUT2D eigenvalue weighted by molar-refractivity contribution is -0.228. The van der Waals surface area contributed by atoms with Gasteiger partial charge in [-0.3, -0.25) is 0 Å². The van der Waals surface area contributed by atoms with Gasteiger partial charge in [0, 0.05) is 43.0 Å². The molecule has 3 fully saturated rings. The van der Waals surface area contributed by atoms with Gasteiger partial charge in [-0.2, -0.15) is 0 Å². The number of aliphatic hydroxyl groups is 1. The molecule has 0 spiro atoms. The number of allylic oxidation sites excluding steroid dienone is 1. The van der Waals surface area contributed by atoms with Crippen LogP contribution >= 0.6 is 0 Å². The summed E-state index contributed by atoms with van der Waals surface area (Å²) in [6.07, 6.45) is 7.15. The van der Waals surface area contributed by atoms with E-state index < -0.39 is 19.5 Å². The molecule has 2 aliphatic heterocycles. The first kappa shape index (κ1) is 32.7. The van der Waals surface area contributed by atoms with Crippen molar-refractivity contribution in [2.75, 3.05) is 13.9 Å². The fourth-order valence-corrected chi connectivity index (χ4v) is 11.8. The number of cyclic esters (lactones) is 1. The maximum absolute atomic E-state index is 12.9. The van der Waals surface area contributed by atoms with Crippen LogP contribution in [-0.4, -0.2) is 56.7 Å². The van der Waals surface area contributed by atoms with E-state index in [1.807, 2.05) is 13.8 Å². The van der Waals surface area contributed by atoms with Crippen molar-refractivity contribution in [1.82, 2.24) is 0 Å². The topological polar surface area (TPSA) is 86.8 Å². The predicted molar refractivity (Wildman–Crippen MR) is 172 cm³/mol. The van der Waals surface area contributed by atoms with Crippen LogP contribution in [0.2, 0.25) is 18.1 Å². The van der Waals surface area contributed by atoms with Gasteiger partial charge in [-0.25, -0.2) is 4.79 Å². The number of fused-ring (bicyclic) bond motifs is 7. The minimum atomic E-state index is -1.96. The quantitative estimate of drug-likeness (QED) is 0.176. The molecule has 0 aromatic heterocycles. The van der Waals surface area contributed by atoms with Crippen molar-refractivity contribution in [3.05, 3.63) is 22.7 Å². The largest absolute Gasteiger partial charge is 0.456 e. The van der Waals surface area contributed by atoms with E-state index in [0.717, 1.165) is 55.6 Å². The highest BCUT2D eigenvalue weighted by Crippen LogP contribution is 2.74. The molecule has 0 bridgehead atoms. The molecular weight excluding hydrogens is 572 g/mol. The second kappa shape index (κ2) is 10.4. The fourth-order valence-electron chi connectivity index (χ4n) is 10.4. The van der Waals surface area contributed by atoms with Crippen LogP contribution in [0, 0.1) is 34.5 Å². The summed E-state index contributed by atoms with van der Waals surface area (Å²) in [6, 6.07) is 0. The number of rotatable bonds is 7. The Hall–Kier alpha value is -1.19. The molecule has 1 N–H and O–H groups in total. The van der Waals surface area contributed by atoms with Crippen molar-refractivity contribution in [2.24, 2.45) is 34.5 Å². The first-order valence-electron chi connectivity index (χ1n) is 17.2. The zero-order valence-corrected chi connectivity index (χ0v) is 30.2. The molecule has 0 unspecified atom stereocenters. The summed E-state index contributed by atoms with van der Waals surface area (Å²) >= 11 is 0. The first-order chi connectivity index (χ1) is 20.3. The summed E-state index contributed by atoms with van der Waals surface area (Å²) in [4.78, 5) is 12.9. The maximum atomic E-state index is 12.9. The van der Waals surface area contributed by atoms with Gasteiger partial charge < -0.3 is 28.5 Å². The zero-order chi connectivity index (χ0) is 32.3. The molecule has 6 rings (SSSR count). The Bertz CT molecular complexity index is 1270. The minimum Gasteiger partial charge on any atom is -0.456 e. The highest BCUT2D eigenvalue weighted by molar-refractivity contribution is 6.74. The molecule has 0 radical (unpaired) electrons. The van der Waals surface area contributed by atoms with Crippen LogP contribution in [0.1, 0.15) is 107 Å². The fraction of sp³-hybridized carbons (Fsp3) is 0.861. The summed E-state index contributed by atoms with van der Waals surface area (Å²) in [5.74, 6) is 2.98. The van der Waals surface area contributed by atoms with Crippen molar-refractivity contribution in [3.63, 3.8) is 0 Å². The van der Waals surface area contributed by atoms with E-state index in [1.54, 1.807) is 7.11 Å². The molecule has 0 saturated heterocycles. The van der Waals surface area contributed by atoms with E-state index in [9.17, 15) is 9.90 Å². The summed E-state index contributed by atoms with van der Waals surface area (Å²) < 4.78 is 31.5. The number of carbonyl (C=O) groups excluding carboxylic acids is 1. The summed E-state index contributed by atoms with van der Waals surface area (Å²) in [7, 11) is -0.308. The lowest BCUT2D eigenvalue weighted by Gasteiger charge is -2.60. The third-order valence-electron chi connectivity index (χ3n) is 14.4. The van der Waals surface area contributed by atoms with Gasteiger partial charge in [0.05, 0.1) is 0 Å². The number of hydrogen-bond donors (Lipinski definition) is 1. The summed E-state index contributed by atoms with van der Waals surface area (Å²) in [6.45, 7) is 22.5. The third kappa shape index (κ3) is 4.58. The van der Waals surface area contributed by atoms with E-state index in [0.29, 0.717) is 36.2 Å². The highest BCUT2D eigenvalue weighted by atomic mass is 28.4. The van der Waals surface area contributed by atoms with Gasteiger partial charge in [0.15, 0.2) is 14.1 Å². The molecule has 0 aromatic carbocycles. The molecule has 7 nitrogen and oxygen atoms in total. The van der Waals surface area contributed by atoms with Crippen molar-refractivity contribution >= 4 is 14.3 Å². The highest BCUT2D eigenvalue weighted by Gasteiger charge is 2.73. The smallest absolute Gasteiger partial charge is 0.334 e. The molecule has 6 aliphatic rings. The van der Waals surface area contributed by atoms with Crippen molar-refractivity contribution in [3.8, 4) is 0 Å². The Morgan fingerprint density at radius 3 is 2.36 bits per heavy atom. The van der Waals surface area contributed by atoms with Crippen LogP contribution in [0.15, 0.2) is 22.7 Å². The van der Waals surface area contributed by atoms with Crippen molar-refractivity contribution in [2.45, 2.75) is 148 Å². The Morgan fingerprint density at radius 2 is 1.73 bits per heavy atom. The van der Waals surface area contributed by atoms with Gasteiger partial charge >= 0.3 is 5.97 Å². The van der Waals surface area contributed by atoms with Crippen molar-refractivity contribution < 1.29 is 33.3 Å². The lowest BCUT2D eigenvalue weighted by Crippen LogP contribution is -2.63. The monoisotopic (exact) mass is 630 g/mol. The van der Waals surface area contributed by atoms with Crippen LogP contribution in [0.4, 0.5) is 0 Å². The molecule has 44 heavy (non-hydrogen) atoms. The van der Waals surface area contributed by atoms with E-state index in [-0.39, 0.29) is 46.8 Å². The first-order valence-corrected chi connectivity index (χ1v) is 20.1. The molecule has 3 saturated carbocycles. The molecule has 0 aromatic rings. The van der Waals surface area contributed by atoms with E-state index >= 15 is 0 Å². The van der Waals surface area contributed by atoms with Crippen LogP contribution < -0.4 is 0 Å². The van der Waals surface area contributed by atoms with Crippen LogP contribution in [0.3, 0.4) is 0 Å². The van der Waals surface area contributed by atoms with Crippen LogP contribution in [-0.2, 0) is 28.2 Å².